The SMILES string of the molecule is Cc1ccc2nc(-c3ccc(Cl)s3)c(Nc3c(C)cccc3C)n2c1. The summed E-state index contributed by atoms with van der Waals surface area (Å²) in [5, 5.41) is 3.63. The number of halogens is 1. The molecule has 25 heavy (non-hydrogen) atoms. The van der Waals surface area contributed by atoms with Crippen LogP contribution in [-0.2, 0) is 0 Å². The van der Waals surface area contributed by atoms with Crippen LogP contribution in [0.3, 0.4) is 0 Å². The van der Waals surface area contributed by atoms with Crippen LogP contribution in [0.2, 0.25) is 4.34 Å². The third-order valence-electron chi connectivity index (χ3n) is 4.30. The predicted octanol–water partition coefficient (Wildman–Crippen LogP) is 6.39. The number of para-hydroxylation sites is 1. The van der Waals surface area contributed by atoms with Crippen molar-refractivity contribution in [3.05, 3.63) is 69.7 Å². The normalized spacial score (nSPS) is 11.2. The third-order valence-corrected chi connectivity index (χ3v) is 5.54. The number of rotatable bonds is 3. The van der Waals surface area contributed by atoms with Gasteiger partial charge in [0.05, 0.1) is 9.21 Å². The summed E-state index contributed by atoms with van der Waals surface area (Å²) in [4.78, 5) is 5.90. The molecule has 0 aliphatic carbocycles. The first-order valence-corrected chi connectivity index (χ1v) is 9.30. The lowest BCUT2D eigenvalue weighted by atomic mass is 10.1. The molecule has 0 aliphatic rings. The van der Waals surface area contributed by atoms with Gasteiger partial charge in [-0.1, -0.05) is 35.9 Å². The molecule has 3 aromatic heterocycles. The van der Waals surface area contributed by atoms with E-state index in [1.54, 1.807) is 11.3 Å². The van der Waals surface area contributed by atoms with Crippen LogP contribution in [0, 0.1) is 20.8 Å². The van der Waals surface area contributed by atoms with Crippen molar-refractivity contribution >= 4 is 40.1 Å². The zero-order valence-corrected chi connectivity index (χ0v) is 15.9. The van der Waals surface area contributed by atoms with Crippen molar-refractivity contribution in [2.24, 2.45) is 0 Å². The highest BCUT2D eigenvalue weighted by molar-refractivity contribution is 7.19. The maximum atomic E-state index is 6.16. The van der Waals surface area contributed by atoms with Crippen LogP contribution in [0.1, 0.15) is 16.7 Å². The van der Waals surface area contributed by atoms with Crippen molar-refractivity contribution in [1.82, 2.24) is 9.38 Å². The van der Waals surface area contributed by atoms with Gasteiger partial charge in [0, 0.05) is 11.9 Å². The van der Waals surface area contributed by atoms with Gasteiger partial charge in [-0.05, 0) is 55.7 Å². The lowest BCUT2D eigenvalue weighted by Crippen LogP contribution is -2.00. The second kappa shape index (κ2) is 6.21. The van der Waals surface area contributed by atoms with E-state index in [9.17, 15) is 0 Å². The Hall–Kier alpha value is -2.30. The molecule has 126 valence electrons. The first-order valence-electron chi connectivity index (χ1n) is 8.10. The minimum Gasteiger partial charge on any atom is -0.339 e. The summed E-state index contributed by atoms with van der Waals surface area (Å²) in [6.45, 7) is 6.32. The molecule has 0 unspecified atom stereocenters. The Morgan fingerprint density at radius 2 is 1.76 bits per heavy atom. The van der Waals surface area contributed by atoms with Gasteiger partial charge in [-0.25, -0.2) is 4.98 Å². The fourth-order valence-corrected chi connectivity index (χ4v) is 4.05. The van der Waals surface area contributed by atoms with Crippen molar-refractivity contribution in [3.8, 4) is 10.6 Å². The Kier molecular flexibility index (Phi) is 4.02. The molecule has 1 aromatic carbocycles. The van der Waals surface area contributed by atoms with Crippen molar-refractivity contribution in [2.45, 2.75) is 20.8 Å². The Bertz CT molecular complexity index is 1060. The van der Waals surface area contributed by atoms with Crippen LogP contribution in [0.4, 0.5) is 11.5 Å². The number of nitrogens with zero attached hydrogens (tertiary/aromatic N) is 2. The average molecular weight is 368 g/mol. The molecule has 0 fully saturated rings. The van der Waals surface area contributed by atoms with E-state index in [-0.39, 0.29) is 0 Å². The molecule has 4 aromatic rings. The van der Waals surface area contributed by atoms with Crippen LogP contribution in [0.25, 0.3) is 16.2 Å². The molecule has 3 heterocycles. The van der Waals surface area contributed by atoms with Crippen molar-refractivity contribution < 1.29 is 0 Å². The molecular weight excluding hydrogens is 350 g/mol. The first-order chi connectivity index (χ1) is 12.0. The van der Waals surface area contributed by atoms with Crippen LogP contribution >= 0.6 is 22.9 Å². The van der Waals surface area contributed by atoms with Gasteiger partial charge in [0.1, 0.15) is 17.2 Å². The maximum absolute atomic E-state index is 6.16. The number of aryl methyl sites for hydroxylation is 3. The lowest BCUT2D eigenvalue weighted by Gasteiger charge is -2.13. The van der Waals surface area contributed by atoms with Gasteiger partial charge in [-0.2, -0.15) is 0 Å². The number of pyridine rings is 1. The number of fused-ring (bicyclic) bond motifs is 1. The molecule has 0 atom stereocenters. The third kappa shape index (κ3) is 2.92. The van der Waals surface area contributed by atoms with Crippen LogP contribution < -0.4 is 5.32 Å². The van der Waals surface area contributed by atoms with E-state index < -0.39 is 0 Å². The summed E-state index contributed by atoms with van der Waals surface area (Å²) in [6, 6.07) is 14.4. The number of thiophene rings is 1. The second-order valence-electron chi connectivity index (χ2n) is 6.24. The molecule has 3 nitrogen and oxygen atoms in total. The number of benzene rings is 1. The van der Waals surface area contributed by atoms with Gasteiger partial charge >= 0.3 is 0 Å². The molecule has 5 heteroatoms. The first kappa shape index (κ1) is 16.2. The number of hydrogen-bond donors (Lipinski definition) is 1. The Morgan fingerprint density at radius 3 is 2.44 bits per heavy atom. The smallest absolute Gasteiger partial charge is 0.144 e. The van der Waals surface area contributed by atoms with Crippen LogP contribution in [-0.4, -0.2) is 9.38 Å². The molecule has 0 saturated carbocycles. The highest BCUT2D eigenvalue weighted by atomic mass is 35.5. The summed E-state index contributed by atoms with van der Waals surface area (Å²) in [5.74, 6) is 0.967. The van der Waals surface area contributed by atoms with Crippen molar-refractivity contribution in [1.29, 1.82) is 0 Å². The molecule has 0 spiro atoms. The highest BCUT2D eigenvalue weighted by Crippen LogP contribution is 2.37. The minimum absolute atomic E-state index is 0.765. The van der Waals surface area contributed by atoms with Crippen molar-refractivity contribution in [2.75, 3.05) is 5.32 Å². The van der Waals surface area contributed by atoms with E-state index in [2.05, 4.69) is 61.0 Å². The number of hydrogen-bond acceptors (Lipinski definition) is 3. The van der Waals surface area contributed by atoms with Crippen LogP contribution in [0.15, 0.2) is 48.7 Å². The van der Waals surface area contributed by atoms with Crippen molar-refractivity contribution in [3.63, 3.8) is 0 Å². The maximum Gasteiger partial charge on any atom is 0.144 e. The summed E-state index contributed by atoms with van der Waals surface area (Å²) >= 11 is 7.70. The Morgan fingerprint density at radius 1 is 1.00 bits per heavy atom. The summed E-state index contributed by atoms with van der Waals surface area (Å²) in [5.41, 5.74) is 6.56. The zero-order chi connectivity index (χ0) is 17.6. The van der Waals surface area contributed by atoms with Gasteiger partial charge in [-0.3, -0.25) is 4.40 Å². The minimum atomic E-state index is 0.765. The number of nitrogens with one attached hydrogen (secondary N) is 1. The van der Waals surface area contributed by atoms with Gasteiger partial charge < -0.3 is 5.32 Å². The van der Waals surface area contributed by atoms with Gasteiger partial charge in [-0.15, -0.1) is 11.3 Å². The number of aromatic nitrogens is 2. The topological polar surface area (TPSA) is 29.3 Å². The van der Waals surface area contributed by atoms with E-state index in [4.69, 9.17) is 16.6 Å². The number of imidazole rings is 1. The molecule has 0 amide bonds. The predicted molar refractivity (Wildman–Crippen MR) is 107 cm³/mol. The van der Waals surface area contributed by atoms with Crippen LogP contribution in [0.5, 0.6) is 0 Å². The molecule has 4 rings (SSSR count). The molecule has 0 bridgehead atoms. The van der Waals surface area contributed by atoms with E-state index in [1.807, 2.05) is 18.2 Å². The fourth-order valence-electron chi connectivity index (χ4n) is 3.01. The standard InChI is InChI=1S/C20H18ClN3S/c1-12-7-10-17-22-19(15-8-9-16(21)25-15)20(24(17)11-12)23-18-13(2)5-4-6-14(18)3/h4-11,23H,1-3H3. The van der Waals surface area contributed by atoms with E-state index in [1.165, 1.54) is 16.7 Å². The van der Waals surface area contributed by atoms with Gasteiger partial charge in [0.15, 0.2) is 0 Å². The van der Waals surface area contributed by atoms with E-state index >= 15 is 0 Å². The highest BCUT2D eigenvalue weighted by Gasteiger charge is 2.17. The molecule has 0 aliphatic heterocycles. The largest absolute Gasteiger partial charge is 0.339 e. The lowest BCUT2D eigenvalue weighted by molar-refractivity contribution is 1.15. The molecule has 1 N–H and O–H groups in total. The average Bonchev–Trinajstić information content (AvgIpc) is 3.15. The zero-order valence-electron chi connectivity index (χ0n) is 14.3. The Labute approximate surface area is 155 Å². The van der Waals surface area contributed by atoms with Gasteiger partial charge in [0.25, 0.3) is 0 Å². The summed E-state index contributed by atoms with van der Waals surface area (Å²) in [7, 11) is 0. The monoisotopic (exact) mass is 367 g/mol. The molecule has 0 radical (unpaired) electrons. The number of anilines is 2. The quantitative estimate of drug-likeness (QED) is 0.455. The van der Waals surface area contributed by atoms with E-state index in [0.717, 1.165) is 32.1 Å². The Balaban J connectivity index is 1.95. The fraction of sp³-hybridized carbons (Fsp3) is 0.150. The summed E-state index contributed by atoms with van der Waals surface area (Å²) < 4.78 is 2.88. The molecule has 0 saturated heterocycles. The molecular formula is C20H18ClN3S. The van der Waals surface area contributed by atoms with Gasteiger partial charge in [0.2, 0.25) is 0 Å². The van der Waals surface area contributed by atoms with E-state index in [0.29, 0.717) is 0 Å². The second-order valence-corrected chi connectivity index (χ2v) is 7.95. The summed E-state index contributed by atoms with van der Waals surface area (Å²) in [6.07, 6.45) is 2.11.